The van der Waals surface area contributed by atoms with Gasteiger partial charge in [-0.05, 0) is 28.1 Å². The molecule has 0 fully saturated rings. The highest BCUT2D eigenvalue weighted by molar-refractivity contribution is 9.10. The van der Waals surface area contributed by atoms with Crippen molar-refractivity contribution in [3.8, 4) is 0 Å². The minimum atomic E-state index is -0.0127. The van der Waals surface area contributed by atoms with E-state index in [0.717, 1.165) is 24.0 Å². The van der Waals surface area contributed by atoms with Crippen LogP contribution in [0.4, 0.5) is 0 Å². The molecule has 0 bridgehead atoms. The van der Waals surface area contributed by atoms with E-state index in [2.05, 4.69) is 35.3 Å². The van der Waals surface area contributed by atoms with Crippen LogP contribution in [0.2, 0.25) is 0 Å². The van der Waals surface area contributed by atoms with Crippen LogP contribution in [0.25, 0.3) is 0 Å². The number of carbonyl (C=O) groups is 1. The summed E-state index contributed by atoms with van der Waals surface area (Å²) in [5, 5.41) is 2.91. The van der Waals surface area contributed by atoms with Gasteiger partial charge in [-0.25, -0.2) is 0 Å². The molecule has 4 heteroatoms. The van der Waals surface area contributed by atoms with Gasteiger partial charge in [0.15, 0.2) is 0 Å². The molecule has 1 aromatic carbocycles. The normalized spacial score (nSPS) is 10.5. The Hall–Kier alpha value is -0.870. The van der Waals surface area contributed by atoms with Gasteiger partial charge in [-0.1, -0.05) is 12.1 Å². The second-order valence-electron chi connectivity index (χ2n) is 4.05. The number of nitrogens with one attached hydrogen (secondary N) is 2. The minimum Gasteiger partial charge on any atom is -0.352 e. The van der Waals surface area contributed by atoms with E-state index >= 15 is 0 Å². The third-order valence-electron chi connectivity index (χ3n) is 2.26. The summed E-state index contributed by atoms with van der Waals surface area (Å²) in [4.78, 5) is 13.2. The van der Waals surface area contributed by atoms with Crippen molar-refractivity contribution in [3.05, 3.63) is 34.3 Å². The molecular formula is C12H18BrN2O+. The summed E-state index contributed by atoms with van der Waals surface area (Å²) in [7, 11) is 4.21. The van der Waals surface area contributed by atoms with Gasteiger partial charge in [-0.15, -0.1) is 0 Å². The Labute approximate surface area is 105 Å². The topological polar surface area (TPSA) is 33.5 Å². The third kappa shape index (κ3) is 4.33. The number of rotatable bonds is 5. The van der Waals surface area contributed by atoms with E-state index < -0.39 is 0 Å². The van der Waals surface area contributed by atoms with Crippen molar-refractivity contribution in [1.82, 2.24) is 5.32 Å². The standard InChI is InChI=1S/C12H17BrN2O/c1-15(2)9-5-8-14-12(16)10-6-3-4-7-11(10)13/h3-4,6-7H,5,8-9H2,1-2H3,(H,14,16)/p+1. The number of hydrogen-bond acceptors (Lipinski definition) is 1. The van der Waals surface area contributed by atoms with Crippen LogP contribution in [0.1, 0.15) is 16.8 Å². The van der Waals surface area contributed by atoms with Crippen LogP contribution in [0.5, 0.6) is 0 Å². The van der Waals surface area contributed by atoms with E-state index in [-0.39, 0.29) is 5.91 Å². The molecule has 0 atom stereocenters. The quantitative estimate of drug-likeness (QED) is 0.768. The van der Waals surface area contributed by atoms with Gasteiger partial charge in [0, 0.05) is 17.4 Å². The van der Waals surface area contributed by atoms with E-state index in [1.807, 2.05) is 24.3 Å². The average molecular weight is 286 g/mol. The Morgan fingerprint density at radius 1 is 1.38 bits per heavy atom. The lowest BCUT2D eigenvalue weighted by molar-refractivity contribution is -0.858. The molecule has 0 spiro atoms. The molecule has 0 saturated heterocycles. The number of quaternary nitrogens is 1. The number of halogens is 1. The molecule has 3 nitrogen and oxygen atoms in total. The molecule has 0 aromatic heterocycles. The Morgan fingerprint density at radius 2 is 2.06 bits per heavy atom. The minimum absolute atomic E-state index is 0.0127. The Bertz CT molecular complexity index is 353. The van der Waals surface area contributed by atoms with E-state index in [1.54, 1.807) is 0 Å². The second kappa shape index (κ2) is 6.66. The molecule has 1 rings (SSSR count). The zero-order valence-corrected chi connectivity index (χ0v) is 11.3. The number of carbonyl (C=O) groups excluding carboxylic acids is 1. The fourth-order valence-corrected chi connectivity index (χ4v) is 1.85. The summed E-state index contributed by atoms with van der Waals surface area (Å²) in [5.41, 5.74) is 0.694. The third-order valence-corrected chi connectivity index (χ3v) is 2.95. The van der Waals surface area contributed by atoms with Gasteiger partial charge in [-0.2, -0.15) is 0 Å². The monoisotopic (exact) mass is 285 g/mol. The summed E-state index contributed by atoms with van der Waals surface area (Å²) in [5.74, 6) is -0.0127. The van der Waals surface area contributed by atoms with Gasteiger partial charge in [0.25, 0.3) is 5.91 Å². The van der Waals surface area contributed by atoms with Gasteiger partial charge < -0.3 is 10.2 Å². The van der Waals surface area contributed by atoms with Crippen molar-refractivity contribution >= 4 is 21.8 Å². The van der Waals surface area contributed by atoms with Gasteiger partial charge in [0.05, 0.1) is 26.2 Å². The lowest BCUT2D eigenvalue weighted by Gasteiger charge is -2.08. The molecule has 2 N–H and O–H groups in total. The summed E-state index contributed by atoms with van der Waals surface area (Å²) in [6.45, 7) is 1.79. The Kier molecular flexibility index (Phi) is 5.49. The van der Waals surface area contributed by atoms with Crippen molar-refractivity contribution in [2.75, 3.05) is 27.2 Å². The zero-order chi connectivity index (χ0) is 12.0. The number of benzene rings is 1. The van der Waals surface area contributed by atoms with Gasteiger partial charge >= 0.3 is 0 Å². The largest absolute Gasteiger partial charge is 0.352 e. The maximum atomic E-state index is 11.8. The smallest absolute Gasteiger partial charge is 0.252 e. The van der Waals surface area contributed by atoms with Crippen LogP contribution in [0, 0.1) is 0 Å². The molecule has 0 saturated carbocycles. The predicted molar refractivity (Wildman–Crippen MR) is 68.8 cm³/mol. The fourth-order valence-electron chi connectivity index (χ4n) is 1.38. The molecule has 1 aromatic rings. The van der Waals surface area contributed by atoms with Crippen molar-refractivity contribution in [3.63, 3.8) is 0 Å². The first-order chi connectivity index (χ1) is 7.61. The van der Waals surface area contributed by atoms with Crippen molar-refractivity contribution in [2.45, 2.75) is 6.42 Å². The molecule has 0 unspecified atom stereocenters. The van der Waals surface area contributed by atoms with Crippen LogP contribution in [-0.2, 0) is 0 Å². The summed E-state index contributed by atoms with van der Waals surface area (Å²) >= 11 is 3.36. The zero-order valence-electron chi connectivity index (χ0n) is 9.72. The molecule has 88 valence electrons. The lowest BCUT2D eigenvalue weighted by Crippen LogP contribution is -3.05. The molecule has 0 aliphatic heterocycles. The van der Waals surface area contributed by atoms with E-state index in [4.69, 9.17) is 0 Å². The number of amides is 1. The molecule has 0 radical (unpaired) electrons. The second-order valence-corrected chi connectivity index (χ2v) is 4.90. The lowest BCUT2D eigenvalue weighted by atomic mass is 10.2. The number of hydrogen-bond donors (Lipinski definition) is 2. The van der Waals surface area contributed by atoms with Crippen LogP contribution in [0.15, 0.2) is 28.7 Å². The summed E-state index contributed by atoms with van der Waals surface area (Å²) < 4.78 is 0.839. The summed E-state index contributed by atoms with van der Waals surface area (Å²) in [6.07, 6.45) is 0.999. The van der Waals surface area contributed by atoms with E-state index in [0.29, 0.717) is 5.56 Å². The molecule has 0 aliphatic rings. The first kappa shape index (κ1) is 13.2. The SMILES string of the molecule is C[NH+](C)CCCNC(=O)c1ccccc1Br. The molecule has 1 amide bonds. The Morgan fingerprint density at radius 3 is 2.69 bits per heavy atom. The highest BCUT2D eigenvalue weighted by atomic mass is 79.9. The maximum Gasteiger partial charge on any atom is 0.252 e. The fraction of sp³-hybridized carbons (Fsp3) is 0.417. The van der Waals surface area contributed by atoms with Gasteiger partial charge in [0.1, 0.15) is 0 Å². The predicted octanol–water partition coefficient (Wildman–Crippen LogP) is 0.714. The van der Waals surface area contributed by atoms with Gasteiger partial charge in [-0.3, -0.25) is 4.79 Å². The van der Waals surface area contributed by atoms with Crippen LogP contribution in [0.3, 0.4) is 0 Å². The molecular weight excluding hydrogens is 268 g/mol. The first-order valence-electron chi connectivity index (χ1n) is 5.43. The summed E-state index contributed by atoms with van der Waals surface area (Å²) in [6, 6.07) is 7.45. The first-order valence-corrected chi connectivity index (χ1v) is 6.22. The van der Waals surface area contributed by atoms with Crippen molar-refractivity contribution in [2.24, 2.45) is 0 Å². The Balaban J connectivity index is 2.39. The van der Waals surface area contributed by atoms with Crippen LogP contribution in [-0.4, -0.2) is 33.1 Å². The molecule has 0 aliphatic carbocycles. The van der Waals surface area contributed by atoms with E-state index in [9.17, 15) is 4.79 Å². The highest BCUT2D eigenvalue weighted by Gasteiger charge is 2.07. The average Bonchev–Trinajstić information content (AvgIpc) is 2.24. The van der Waals surface area contributed by atoms with Crippen molar-refractivity contribution < 1.29 is 9.69 Å². The van der Waals surface area contributed by atoms with Crippen LogP contribution >= 0.6 is 15.9 Å². The van der Waals surface area contributed by atoms with E-state index in [1.165, 1.54) is 4.90 Å². The molecule has 16 heavy (non-hydrogen) atoms. The maximum absolute atomic E-state index is 11.8. The van der Waals surface area contributed by atoms with Crippen LogP contribution < -0.4 is 10.2 Å². The van der Waals surface area contributed by atoms with Crippen molar-refractivity contribution in [1.29, 1.82) is 0 Å². The highest BCUT2D eigenvalue weighted by Crippen LogP contribution is 2.15. The molecule has 0 heterocycles. The van der Waals surface area contributed by atoms with Gasteiger partial charge in [0.2, 0.25) is 0 Å².